The van der Waals surface area contributed by atoms with Crippen molar-refractivity contribution in [2.45, 2.75) is 25.4 Å². The minimum Gasteiger partial charge on any atom is -0.806 e. The van der Waals surface area contributed by atoms with Crippen LogP contribution in [0.4, 0.5) is 13.2 Å². The molecule has 0 aliphatic carbocycles. The molecule has 4 nitrogen and oxygen atoms in total. The third kappa shape index (κ3) is 4.15. The van der Waals surface area contributed by atoms with Gasteiger partial charge in [-0.05, 0) is 26.9 Å². The maximum atomic E-state index is 12.1. The number of likely N-dealkylation sites (tertiary alicyclic amines) is 1. The summed E-state index contributed by atoms with van der Waals surface area (Å²) < 4.78 is 47.0. The van der Waals surface area contributed by atoms with E-state index < -0.39 is 25.3 Å². The Bertz CT molecular complexity index is 317. The fourth-order valence-electron chi connectivity index (χ4n) is 1.61. The van der Waals surface area contributed by atoms with Gasteiger partial charge < -0.3 is 19.3 Å². The summed E-state index contributed by atoms with van der Waals surface area (Å²) in [7, 11) is -5.37. The first-order valence-electron chi connectivity index (χ1n) is 4.77. The molecule has 0 unspecified atom stereocenters. The van der Waals surface area contributed by atoms with Crippen molar-refractivity contribution in [2.75, 3.05) is 13.1 Å². The van der Waals surface area contributed by atoms with Crippen LogP contribution in [-0.4, -0.2) is 24.2 Å². The van der Waals surface area contributed by atoms with Crippen LogP contribution in [0.1, 0.15) is 19.3 Å². The molecular formula is C8H11F3NO3P-2. The van der Waals surface area contributed by atoms with E-state index in [4.69, 9.17) is 0 Å². The zero-order valence-electron chi connectivity index (χ0n) is 8.37. The molecule has 94 valence electrons. The first-order chi connectivity index (χ1) is 7.20. The monoisotopic (exact) mass is 257 g/mol. The number of rotatable bonds is 2. The minimum absolute atomic E-state index is 0.177. The molecule has 1 saturated heterocycles. The Kier molecular flexibility index (Phi) is 4.04. The summed E-state index contributed by atoms with van der Waals surface area (Å²) >= 11 is 0. The Labute approximate surface area is 90.9 Å². The molecule has 0 aromatic rings. The van der Waals surface area contributed by atoms with Gasteiger partial charge in [-0.15, -0.1) is 0 Å². The summed E-state index contributed by atoms with van der Waals surface area (Å²) in [5.41, 5.74) is -1.14. The fourth-order valence-corrected chi connectivity index (χ4v) is 2.46. The molecule has 0 amide bonds. The number of piperidine rings is 1. The Morgan fingerprint density at radius 1 is 1.19 bits per heavy atom. The maximum Gasteiger partial charge on any atom is 0.411 e. The molecule has 1 rings (SSSR count). The van der Waals surface area contributed by atoms with Crippen LogP contribution in [0.5, 0.6) is 0 Å². The van der Waals surface area contributed by atoms with Crippen molar-refractivity contribution in [1.82, 2.24) is 4.90 Å². The molecule has 1 aliphatic heterocycles. The summed E-state index contributed by atoms with van der Waals surface area (Å²) in [6.07, 6.45) is -3.20. The Balaban J connectivity index is 2.96. The van der Waals surface area contributed by atoms with Gasteiger partial charge in [0.15, 0.2) is 0 Å². The van der Waals surface area contributed by atoms with Gasteiger partial charge in [0.05, 0.1) is 5.44 Å². The molecule has 1 fully saturated rings. The molecular weight excluding hydrogens is 246 g/mol. The van der Waals surface area contributed by atoms with E-state index in [0.717, 1.165) is 11.3 Å². The second-order valence-electron chi connectivity index (χ2n) is 3.59. The van der Waals surface area contributed by atoms with Crippen LogP contribution in [0.25, 0.3) is 0 Å². The van der Waals surface area contributed by atoms with Crippen LogP contribution in [0, 0.1) is 0 Å². The molecule has 0 saturated carbocycles. The minimum atomic E-state index is -5.37. The van der Waals surface area contributed by atoms with Crippen LogP contribution < -0.4 is 9.79 Å². The molecule has 0 N–H and O–H groups in total. The second kappa shape index (κ2) is 4.77. The van der Waals surface area contributed by atoms with Crippen molar-refractivity contribution in [3.05, 3.63) is 11.5 Å². The predicted octanol–water partition coefficient (Wildman–Crippen LogP) is 0.790. The molecule has 0 bridgehead atoms. The normalized spacial score (nSPS) is 20.1. The Morgan fingerprint density at radius 2 is 1.69 bits per heavy atom. The van der Waals surface area contributed by atoms with Crippen LogP contribution in [0.2, 0.25) is 0 Å². The first kappa shape index (κ1) is 13.5. The van der Waals surface area contributed by atoms with E-state index in [2.05, 4.69) is 0 Å². The molecule has 0 radical (unpaired) electrons. The molecule has 0 aromatic carbocycles. The van der Waals surface area contributed by atoms with Crippen molar-refractivity contribution in [2.24, 2.45) is 0 Å². The lowest BCUT2D eigenvalue weighted by atomic mass is 10.1. The number of hydrogen-bond acceptors (Lipinski definition) is 4. The fraction of sp³-hybridized carbons (Fsp3) is 0.750. The summed E-state index contributed by atoms with van der Waals surface area (Å²) in [4.78, 5) is 22.5. The highest BCUT2D eigenvalue weighted by Crippen LogP contribution is 2.41. The van der Waals surface area contributed by atoms with Gasteiger partial charge in [0.1, 0.15) is 0 Å². The van der Waals surface area contributed by atoms with E-state index >= 15 is 0 Å². The highest BCUT2D eigenvalue weighted by Gasteiger charge is 2.28. The molecule has 0 spiro atoms. The zero-order chi connectivity index (χ0) is 12.4. The molecule has 1 heterocycles. The SMILES string of the molecule is O=P([O-])([O-])C(=CC(F)(F)F)N1CCCCC1. The summed E-state index contributed by atoms with van der Waals surface area (Å²) in [5, 5.41) is 0. The lowest BCUT2D eigenvalue weighted by molar-refractivity contribution is -0.312. The summed E-state index contributed by atoms with van der Waals surface area (Å²) in [5.74, 6) is 0. The highest BCUT2D eigenvalue weighted by molar-refractivity contribution is 7.53. The van der Waals surface area contributed by atoms with Crippen LogP contribution in [0.15, 0.2) is 11.5 Å². The smallest absolute Gasteiger partial charge is 0.411 e. The van der Waals surface area contributed by atoms with Gasteiger partial charge in [-0.3, -0.25) is 0 Å². The third-order valence-electron chi connectivity index (χ3n) is 2.25. The summed E-state index contributed by atoms with van der Waals surface area (Å²) in [6.45, 7) is 0.354. The lowest BCUT2D eigenvalue weighted by Gasteiger charge is -2.41. The second-order valence-corrected chi connectivity index (χ2v) is 5.04. The van der Waals surface area contributed by atoms with E-state index in [9.17, 15) is 27.5 Å². The van der Waals surface area contributed by atoms with E-state index in [0.29, 0.717) is 12.8 Å². The van der Waals surface area contributed by atoms with E-state index in [1.807, 2.05) is 0 Å². The number of nitrogens with zero attached hydrogens (tertiary/aromatic N) is 1. The van der Waals surface area contributed by atoms with E-state index in [1.165, 1.54) is 0 Å². The Morgan fingerprint density at radius 3 is 2.06 bits per heavy atom. The standard InChI is InChI=1S/C8H13F3NO3P/c9-8(10,11)6-7(16(13,14)15)12-4-2-1-3-5-12/h6H,1-5H2,(H2,13,14,15)/p-2. The average molecular weight is 257 g/mol. The van der Waals surface area contributed by atoms with Gasteiger partial charge in [0.2, 0.25) is 0 Å². The van der Waals surface area contributed by atoms with Crippen molar-refractivity contribution in [3.63, 3.8) is 0 Å². The van der Waals surface area contributed by atoms with Gasteiger partial charge in [-0.1, -0.05) is 0 Å². The van der Waals surface area contributed by atoms with Crippen molar-refractivity contribution >= 4 is 7.60 Å². The number of hydrogen-bond donors (Lipinski definition) is 0. The molecule has 8 heteroatoms. The summed E-state index contributed by atoms with van der Waals surface area (Å²) in [6, 6.07) is 0. The van der Waals surface area contributed by atoms with Crippen molar-refractivity contribution in [1.29, 1.82) is 0 Å². The van der Waals surface area contributed by atoms with E-state index in [-0.39, 0.29) is 13.1 Å². The van der Waals surface area contributed by atoms with Crippen LogP contribution in [-0.2, 0) is 4.57 Å². The van der Waals surface area contributed by atoms with E-state index in [1.54, 1.807) is 0 Å². The molecule has 0 aromatic heterocycles. The Hall–Kier alpha value is -0.520. The quantitative estimate of drug-likeness (QED) is 0.686. The predicted molar refractivity (Wildman–Crippen MR) is 47.2 cm³/mol. The number of halogens is 3. The van der Waals surface area contributed by atoms with Crippen molar-refractivity contribution < 1.29 is 27.5 Å². The maximum absolute atomic E-state index is 12.1. The van der Waals surface area contributed by atoms with Gasteiger partial charge >= 0.3 is 6.18 Å². The molecule has 1 aliphatic rings. The van der Waals surface area contributed by atoms with Crippen LogP contribution >= 0.6 is 7.60 Å². The van der Waals surface area contributed by atoms with Crippen LogP contribution in [0.3, 0.4) is 0 Å². The average Bonchev–Trinajstić information content (AvgIpc) is 2.13. The first-order valence-corrected chi connectivity index (χ1v) is 6.31. The van der Waals surface area contributed by atoms with Gasteiger partial charge in [0, 0.05) is 19.2 Å². The number of alkyl halides is 3. The van der Waals surface area contributed by atoms with Crippen molar-refractivity contribution in [3.8, 4) is 0 Å². The largest absolute Gasteiger partial charge is 0.806 e. The van der Waals surface area contributed by atoms with Gasteiger partial charge in [-0.25, -0.2) is 0 Å². The van der Waals surface area contributed by atoms with Gasteiger partial charge in [-0.2, -0.15) is 13.2 Å². The molecule has 16 heavy (non-hydrogen) atoms. The third-order valence-corrected chi connectivity index (χ3v) is 3.23. The zero-order valence-corrected chi connectivity index (χ0v) is 9.26. The highest BCUT2D eigenvalue weighted by atomic mass is 31.2. The lowest BCUT2D eigenvalue weighted by Crippen LogP contribution is -2.34. The topological polar surface area (TPSA) is 66.4 Å². The number of allylic oxidation sites excluding steroid dienone is 1. The van der Waals surface area contributed by atoms with Gasteiger partial charge in [0.25, 0.3) is 0 Å². The molecule has 0 atom stereocenters.